The van der Waals surface area contributed by atoms with E-state index in [0.717, 1.165) is 0 Å². The third-order valence-electron chi connectivity index (χ3n) is 3.52. The molecule has 7 heteroatoms. The number of hydrogen-bond donors (Lipinski definition) is 2. The minimum absolute atomic E-state index is 0.243. The Bertz CT molecular complexity index is 777. The van der Waals surface area contributed by atoms with Crippen LogP contribution in [0.25, 0.3) is 0 Å². The third-order valence-corrected chi connectivity index (χ3v) is 3.52. The lowest BCUT2D eigenvalue weighted by atomic mass is 10.2. The minimum Gasteiger partial charge on any atom is -0.494 e. The number of ether oxygens (including phenoxy) is 3. The van der Waals surface area contributed by atoms with Crippen LogP contribution < -0.4 is 24.8 Å². The maximum Gasteiger partial charge on any atom is 0.265 e. The molecule has 0 aliphatic rings. The van der Waals surface area contributed by atoms with Gasteiger partial charge < -0.3 is 24.8 Å². The molecule has 2 aromatic carbocycles. The van der Waals surface area contributed by atoms with Crippen molar-refractivity contribution in [1.82, 2.24) is 0 Å². The standard InChI is InChI=1S/C19H22N2O5/c1-12(26-14-8-6-5-7-9-14)19(23)21-16-11-17(24-3)15(20-13(2)22)10-18(16)25-4/h5-12H,1-4H3,(H,20,22)(H,21,23)/t12-/m0/s1. The Morgan fingerprint density at radius 3 is 1.96 bits per heavy atom. The predicted octanol–water partition coefficient (Wildman–Crippen LogP) is 3.07. The summed E-state index contributed by atoms with van der Waals surface area (Å²) in [6, 6.07) is 12.2. The van der Waals surface area contributed by atoms with Gasteiger partial charge in [0.1, 0.15) is 17.2 Å². The average molecular weight is 358 g/mol. The van der Waals surface area contributed by atoms with Crippen molar-refractivity contribution in [3.05, 3.63) is 42.5 Å². The van der Waals surface area contributed by atoms with Crippen LogP contribution in [0.2, 0.25) is 0 Å². The lowest BCUT2D eigenvalue weighted by Crippen LogP contribution is -2.30. The molecule has 138 valence electrons. The van der Waals surface area contributed by atoms with Gasteiger partial charge in [0.25, 0.3) is 5.91 Å². The fourth-order valence-electron chi connectivity index (χ4n) is 2.27. The van der Waals surface area contributed by atoms with Crippen molar-refractivity contribution in [2.24, 2.45) is 0 Å². The first kappa shape index (κ1) is 19.1. The van der Waals surface area contributed by atoms with E-state index in [2.05, 4.69) is 10.6 Å². The van der Waals surface area contributed by atoms with Gasteiger partial charge in [-0.2, -0.15) is 0 Å². The van der Waals surface area contributed by atoms with Gasteiger partial charge in [0.15, 0.2) is 6.10 Å². The van der Waals surface area contributed by atoms with Crippen LogP contribution in [0.5, 0.6) is 17.2 Å². The lowest BCUT2D eigenvalue weighted by Gasteiger charge is -2.18. The number of methoxy groups -OCH3 is 2. The van der Waals surface area contributed by atoms with E-state index in [0.29, 0.717) is 28.6 Å². The van der Waals surface area contributed by atoms with Crippen molar-refractivity contribution >= 4 is 23.2 Å². The summed E-state index contributed by atoms with van der Waals surface area (Å²) in [6.45, 7) is 3.04. The summed E-state index contributed by atoms with van der Waals surface area (Å²) in [5, 5.41) is 5.41. The van der Waals surface area contributed by atoms with E-state index in [4.69, 9.17) is 14.2 Å². The van der Waals surface area contributed by atoms with E-state index in [1.165, 1.54) is 21.1 Å². The van der Waals surface area contributed by atoms with E-state index >= 15 is 0 Å². The Hall–Kier alpha value is -3.22. The Labute approximate surface area is 152 Å². The van der Waals surface area contributed by atoms with Crippen molar-refractivity contribution in [2.45, 2.75) is 20.0 Å². The van der Waals surface area contributed by atoms with Crippen molar-refractivity contribution in [1.29, 1.82) is 0 Å². The Morgan fingerprint density at radius 2 is 1.46 bits per heavy atom. The normalized spacial score (nSPS) is 11.2. The monoisotopic (exact) mass is 358 g/mol. The Kier molecular flexibility index (Phi) is 6.43. The largest absolute Gasteiger partial charge is 0.494 e. The zero-order chi connectivity index (χ0) is 19.1. The summed E-state index contributed by atoms with van der Waals surface area (Å²) in [7, 11) is 2.94. The summed E-state index contributed by atoms with van der Waals surface area (Å²) in [5.74, 6) is 0.789. The van der Waals surface area contributed by atoms with Gasteiger partial charge in [-0.3, -0.25) is 9.59 Å². The molecule has 0 radical (unpaired) electrons. The summed E-state index contributed by atoms with van der Waals surface area (Å²) in [6.07, 6.45) is -0.719. The molecule has 0 heterocycles. The lowest BCUT2D eigenvalue weighted by molar-refractivity contribution is -0.122. The molecular weight excluding hydrogens is 336 g/mol. The average Bonchev–Trinajstić information content (AvgIpc) is 2.62. The van der Waals surface area contributed by atoms with E-state index in [-0.39, 0.29) is 11.8 Å². The quantitative estimate of drug-likeness (QED) is 0.794. The molecular formula is C19H22N2O5. The molecule has 0 fully saturated rings. The Balaban J connectivity index is 2.19. The molecule has 0 aliphatic carbocycles. The molecule has 2 N–H and O–H groups in total. The number of anilines is 2. The topological polar surface area (TPSA) is 85.9 Å². The number of hydrogen-bond acceptors (Lipinski definition) is 5. The van der Waals surface area contributed by atoms with Gasteiger partial charge in [-0.15, -0.1) is 0 Å². The van der Waals surface area contributed by atoms with Crippen molar-refractivity contribution in [3.63, 3.8) is 0 Å². The molecule has 0 bridgehead atoms. The van der Waals surface area contributed by atoms with Gasteiger partial charge in [-0.25, -0.2) is 0 Å². The number of rotatable bonds is 7. The van der Waals surface area contributed by atoms with Crippen LogP contribution >= 0.6 is 0 Å². The summed E-state index contributed by atoms with van der Waals surface area (Å²) >= 11 is 0. The molecule has 0 aliphatic heterocycles. The van der Waals surface area contributed by atoms with Crippen LogP contribution in [0.4, 0.5) is 11.4 Å². The number of amides is 2. The van der Waals surface area contributed by atoms with E-state index in [1.54, 1.807) is 31.2 Å². The molecule has 7 nitrogen and oxygen atoms in total. The molecule has 0 spiro atoms. The van der Waals surface area contributed by atoms with Crippen LogP contribution in [0.3, 0.4) is 0 Å². The smallest absolute Gasteiger partial charge is 0.265 e. The molecule has 2 amide bonds. The molecule has 0 unspecified atom stereocenters. The highest BCUT2D eigenvalue weighted by Crippen LogP contribution is 2.36. The second kappa shape index (κ2) is 8.75. The first-order valence-electron chi connectivity index (χ1n) is 8.00. The molecule has 0 saturated carbocycles. The number of nitrogens with one attached hydrogen (secondary N) is 2. The van der Waals surface area contributed by atoms with E-state index < -0.39 is 6.10 Å². The number of benzene rings is 2. The number of carbonyl (C=O) groups is 2. The molecule has 0 saturated heterocycles. The second-order valence-corrected chi connectivity index (χ2v) is 5.50. The maximum atomic E-state index is 12.4. The summed E-state index contributed by atoms with van der Waals surface area (Å²) in [4.78, 5) is 23.8. The predicted molar refractivity (Wildman–Crippen MR) is 99.0 cm³/mol. The molecule has 2 aromatic rings. The number of carbonyl (C=O) groups excluding carboxylic acids is 2. The van der Waals surface area contributed by atoms with Gasteiger partial charge in [-0.05, 0) is 19.1 Å². The Morgan fingerprint density at radius 1 is 0.923 bits per heavy atom. The first-order chi connectivity index (χ1) is 12.4. The van der Waals surface area contributed by atoms with Gasteiger partial charge >= 0.3 is 0 Å². The van der Waals surface area contributed by atoms with E-state index in [9.17, 15) is 9.59 Å². The van der Waals surface area contributed by atoms with Crippen molar-refractivity contribution in [2.75, 3.05) is 24.9 Å². The van der Waals surface area contributed by atoms with Crippen LogP contribution in [0.15, 0.2) is 42.5 Å². The second-order valence-electron chi connectivity index (χ2n) is 5.50. The highest BCUT2D eigenvalue weighted by molar-refractivity contribution is 5.97. The molecule has 1 atom stereocenters. The zero-order valence-electron chi connectivity index (χ0n) is 15.2. The third kappa shape index (κ3) is 4.89. The van der Waals surface area contributed by atoms with Crippen LogP contribution in [0, 0.1) is 0 Å². The molecule has 2 rings (SSSR count). The fourth-order valence-corrected chi connectivity index (χ4v) is 2.27. The molecule has 26 heavy (non-hydrogen) atoms. The summed E-state index contributed by atoms with van der Waals surface area (Å²) < 4.78 is 16.2. The van der Waals surface area contributed by atoms with Crippen LogP contribution in [-0.2, 0) is 9.59 Å². The zero-order valence-corrected chi connectivity index (χ0v) is 15.2. The number of para-hydroxylation sites is 1. The minimum atomic E-state index is -0.719. The SMILES string of the molecule is COc1cc(NC(=O)[C@H](C)Oc2ccccc2)c(OC)cc1NC(C)=O. The highest BCUT2D eigenvalue weighted by Gasteiger charge is 2.19. The highest BCUT2D eigenvalue weighted by atomic mass is 16.5. The molecule has 0 aromatic heterocycles. The fraction of sp³-hybridized carbons (Fsp3) is 0.263. The van der Waals surface area contributed by atoms with Gasteiger partial charge in [-0.1, -0.05) is 18.2 Å². The first-order valence-corrected chi connectivity index (χ1v) is 8.00. The van der Waals surface area contributed by atoms with E-state index in [1.807, 2.05) is 18.2 Å². The van der Waals surface area contributed by atoms with Gasteiger partial charge in [0.2, 0.25) is 5.91 Å². The van der Waals surface area contributed by atoms with Crippen LogP contribution in [-0.4, -0.2) is 32.1 Å². The summed E-state index contributed by atoms with van der Waals surface area (Å²) in [5.41, 5.74) is 0.857. The van der Waals surface area contributed by atoms with Crippen molar-refractivity contribution < 1.29 is 23.8 Å². The van der Waals surface area contributed by atoms with Crippen molar-refractivity contribution in [3.8, 4) is 17.2 Å². The maximum absolute atomic E-state index is 12.4. The van der Waals surface area contributed by atoms with Crippen LogP contribution in [0.1, 0.15) is 13.8 Å². The van der Waals surface area contributed by atoms with Gasteiger partial charge in [0.05, 0.1) is 25.6 Å². The van der Waals surface area contributed by atoms with Gasteiger partial charge in [0, 0.05) is 19.1 Å².